The van der Waals surface area contributed by atoms with Crippen molar-refractivity contribution >= 4 is 0 Å². The van der Waals surface area contributed by atoms with Crippen molar-refractivity contribution in [2.75, 3.05) is 6.61 Å². The fraction of sp³-hybridized carbons (Fsp3) is 0.571. The average molecular weight is 222 g/mol. The highest BCUT2D eigenvalue weighted by atomic mass is 16.5. The third-order valence-corrected chi connectivity index (χ3v) is 2.56. The summed E-state index contributed by atoms with van der Waals surface area (Å²) in [6.45, 7) is 6.97. The van der Waals surface area contributed by atoms with Gasteiger partial charge in [0.25, 0.3) is 0 Å². The van der Waals surface area contributed by atoms with E-state index in [9.17, 15) is 5.11 Å². The Hall–Kier alpha value is -1.02. The van der Waals surface area contributed by atoms with Crippen molar-refractivity contribution in [1.82, 2.24) is 0 Å². The molecule has 0 radical (unpaired) electrons. The first kappa shape index (κ1) is 13.0. The molecule has 0 aliphatic rings. The first-order chi connectivity index (χ1) is 7.59. The molecule has 0 bridgehead atoms. The van der Waals surface area contributed by atoms with Gasteiger partial charge in [0.2, 0.25) is 0 Å². The Bertz CT molecular complexity index is 288. The zero-order valence-electron chi connectivity index (χ0n) is 10.4. The largest absolute Gasteiger partial charge is 0.494 e. The van der Waals surface area contributed by atoms with E-state index < -0.39 is 6.10 Å². The minimum atomic E-state index is -0.407. The average Bonchev–Trinajstić information content (AvgIpc) is 2.25. The third-order valence-electron chi connectivity index (χ3n) is 2.56. The Morgan fingerprint density at radius 2 is 1.75 bits per heavy atom. The molecule has 90 valence electrons. The number of hydrogen-bond acceptors (Lipinski definition) is 2. The molecule has 0 aromatic heterocycles. The van der Waals surface area contributed by atoms with E-state index in [-0.39, 0.29) is 0 Å². The molecular weight excluding hydrogens is 200 g/mol. The van der Waals surface area contributed by atoms with Crippen LogP contribution in [-0.2, 0) is 0 Å². The van der Waals surface area contributed by atoms with Crippen LogP contribution in [0.2, 0.25) is 0 Å². The zero-order valence-corrected chi connectivity index (χ0v) is 10.4. The van der Waals surface area contributed by atoms with Crippen LogP contribution in [0.25, 0.3) is 0 Å². The van der Waals surface area contributed by atoms with E-state index in [4.69, 9.17) is 4.74 Å². The van der Waals surface area contributed by atoms with E-state index in [2.05, 4.69) is 13.8 Å². The molecule has 0 heterocycles. The molecule has 1 rings (SSSR count). The van der Waals surface area contributed by atoms with Gasteiger partial charge in [-0.3, -0.25) is 0 Å². The number of rotatable bonds is 6. The molecule has 0 spiro atoms. The van der Waals surface area contributed by atoms with Crippen molar-refractivity contribution in [3.05, 3.63) is 29.8 Å². The van der Waals surface area contributed by atoms with E-state index in [1.165, 1.54) is 6.42 Å². The molecule has 0 saturated carbocycles. The van der Waals surface area contributed by atoms with Gasteiger partial charge in [-0.1, -0.05) is 26.0 Å². The van der Waals surface area contributed by atoms with Crippen molar-refractivity contribution in [3.8, 4) is 5.75 Å². The lowest BCUT2D eigenvalue weighted by atomic mass is 10.1. The molecule has 16 heavy (non-hydrogen) atoms. The predicted molar refractivity (Wildman–Crippen MR) is 66.6 cm³/mol. The number of hydrogen-bond donors (Lipinski definition) is 1. The number of aliphatic hydroxyl groups is 1. The summed E-state index contributed by atoms with van der Waals surface area (Å²) in [5.74, 6) is 1.62. The standard InChI is InChI=1S/C14H22O2/c1-11(2)5-4-10-16-14-8-6-13(7-9-14)12(3)15/h6-9,11-12,15H,4-5,10H2,1-3H3/t12-/m0/s1. The zero-order chi connectivity index (χ0) is 12.0. The number of benzene rings is 1. The Labute approximate surface area is 98.3 Å². The maximum absolute atomic E-state index is 9.35. The van der Waals surface area contributed by atoms with Crippen LogP contribution in [0.3, 0.4) is 0 Å². The van der Waals surface area contributed by atoms with Gasteiger partial charge in [0, 0.05) is 0 Å². The summed E-state index contributed by atoms with van der Waals surface area (Å²) < 4.78 is 5.61. The first-order valence-corrected chi connectivity index (χ1v) is 6.00. The van der Waals surface area contributed by atoms with Crippen LogP contribution in [0.5, 0.6) is 5.75 Å². The van der Waals surface area contributed by atoms with Gasteiger partial charge in [-0.05, 0) is 43.4 Å². The second kappa shape index (κ2) is 6.54. The van der Waals surface area contributed by atoms with Crippen LogP contribution in [0.15, 0.2) is 24.3 Å². The highest BCUT2D eigenvalue weighted by Crippen LogP contribution is 2.17. The second-order valence-electron chi connectivity index (χ2n) is 4.63. The normalized spacial score (nSPS) is 12.8. The molecule has 0 aliphatic heterocycles. The van der Waals surface area contributed by atoms with Crippen LogP contribution >= 0.6 is 0 Å². The third kappa shape index (κ3) is 4.67. The predicted octanol–water partition coefficient (Wildman–Crippen LogP) is 3.55. The van der Waals surface area contributed by atoms with E-state index >= 15 is 0 Å². The van der Waals surface area contributed by atoms with Gasteiger partial charge in [-0.25, -0.2) is 0 Å². The Balaban J connectivity index is 2.32. The molecule has 2 nitrogen and oxygen atoms in total. The summed E-state index contributed by atoms with van der Waals surface area (Å²) in [5.41, 5.74) is 0.925. The van der Waals surface area contributed by atoms with Gasteiger partial charge in [0.15, 0.2) is 0 Å². The van der Waals surface area contributed by atoms with Crippen LogP contribution in [0, 0.1) is 5.92 Å². The fourth-order valence-electron chi connectivity index (χ4n) is 1.52. The van der Waals surface area contributed by atoms with E-state index in [0.717, 1.165) is 30.3 Å². The van der Waals surface area contributed by atoms with Gasteiger partial charge < -0.3 is 9.84 Å². The second-order valence-corrected chi connectivity index (χ2v) is 4.63. The minimum Gasteiger partial charge on any atom is -0.494 e. The quantitative estimate of drug-likeness (QED) is 0.746. The fourth-order valence-corrected chi connectivity index (χ4v) is 1.52. The van der Waals surface area contributed by atoms with Crippen LogP contribution in [-0.4, -0.2) is 11.7 Å². The Kier molecular flexibility index (Phi) is 5.33. The van der Waals surface area contributed by atoms with E-state index in [1.807, 2.05) is 24.3 Å². The summed E-state index contributed by atoms with van der Waals surface area (Å²) in [6, 6.07) is 7.64. The summed E-state index contributed by atoms with van der Waals surface area (Å²) in [7, 11) is 0. The van der Waals surface area contributed by atoms with Gasteiger partial charge in [0.1, 0.15) is 5.75 Å². The minimum absolute atomic E-state index is 0.407. The Morgan fingerprint density at radius 3 is 2.25 bits per heavy atom. The topological polar surface area (TPSA) is 29.5 Å². The van der Waals surface area contributed by atoms with Crippen LogP contribution in [0.1, 0.15) is 45.3 Å². The molecule has 0 unspecified atom stereocenters. The first-order valence-electron chi connectivity index (χ1n) is 6.00. The van der Waals surface area contributed by atoms with Gasteiger partial charge >= 0.3 is 0 Å². The lowest BCUT2D eigenvalue weighted by molar-refractivity contribution is 0.199. The molecule has 1 aromatic carbocycles. The number of ether oxygens (including phenoxy) is 1. The molecule has 1 aromatic rings. The molecule has 0 saturated heterocycles. The van der Waals surface area contributed by atoms with E-state index in [0.29, 0.717) is 0 Å². The summed E-state index contributed by atoms with van der Waals surface area (Å²) in [6.07, 6.45) is 1.89. The molecule has 0 fully saturated rings. The SMILES string of the molecule is CC(C)CCCOc1ccc([C@H](C)O)cc1. The van der Waals surface area contributed by atoms with Crippen molar-refractivity contribution in [3.63, 3.8) is 0 Å². The van der Waals surface area contributed by atoms with Crippen molar-refractivity contribution in [2.45, 2.75) is 39.7 Å². The lowest BCUT2D eigenvalue weighted by Crippen LogP contribution is -2.00. The summed E-state index contributed by atoms with van der Waals surface area (Å²) in [4.78, 5) is 0. The van der Waals surface area contributed by atoms with Crippen LogP contribution in [0.4, 0.5) is 0 Å². The maximum atomic E-state index is 9.35. The van der Waals surface area contributed by atoms with Gasteiger partial charge in [-0.2, -0.15) is 0 Å². The molecule has 2 heteroatoms. The Morgan fingerprint density at radius 1 is 1.12 bits per heavy atom. The number of aliphatic hydroxyl groups excluding tert-OH is 1. The smallest absolute Gasteiger partial charge is 0.119 e. The molecule has 1 atom stereocenters. The van der Waals surface area contributed by atoms with Crippen molar-refractivity contribution in [1.29, 1.82) is 0 Å². The molecule has 0 aliphatic carbocycles. The highest BCUT2D eigenvalue weighted by molar-refractivity contribution is 5.28. The molecular formula is C14H22O2. The summed E-state index contributed by atoms with van der Waals surface area (Å²) in [5, 5.41) is 9.35. The van der Waals surface area contributed by atoms with Gasteiger partial charge in [-0.15, -0.1) is 0 Å². The van der Waals surface area contributed by atoms with Crippen LogP contribution < -0.4 is 4.74 Å². The maximum Gasteiger partial charge on any atom is 0.119 e. The molecule has 0 amide bonds. The van der Waals surface area contributed by atoms with Crippen molar-refractivity contribution in [2.24, 2.45) is 5.92 Å². The lowest BCUT2D eigenvalue weighted by Gasteiger charge is -2.09. The highest BCUT2D eigenvalue weighted by Gasteiger charge is 2.00. The monoisotopic (exact) mass is 222 g/mol. The summed E-state index contributed by atoms with van der Waals surface area (Å²) >= 11 is 0. The van der Waals surface area contributed by atoms with E-state index in [1.54, 1.807) is 6.92 Å². The molecule has 1 N–H and O–H groups in total. The van der Waals surface area contributed by atoms with Crippen molar-refractivity contribution < 1.29 is 9.84 Å². The van der Waals surface area contributed by atoms with Gasteiger partial charge in [0.05, 0.1) is 12.7 Å².